The maximum Gasteiger partial charge on any atom is 0.337 e. The van der Waals surface area contributed by atoms with Crippen LogP contribution in [0.1, 0.15) is 55.3 Å². The van der Waals surface area contributed by atoms with Crippen molar-refractivity contribution >= 4 is 17.6 Å². The molecule has 0 aromatic heterocycles. The van der Waals surface area contributed by atoms with Gasteiger partial charge in [0.2, 0.25) is 5.91 Å². The average molecular weight is 400 g/mol. The van der Waals surface area contributed by atoms with Gasteiger partial charge in [-0.2, -0.15) is 0 Å². The maximum absolute atomic E-state index is 13.1. The molecule has 3 aliphatic rings. The number of nitrogens with two attached hydrogens (primary N) is 1. The van der Waals surface area contributed by atoms with Crippen molar-refractivity contribution in [1.29, 1.82) is 0 Å². The number of rotatable bonds is 4. The Bertz CT molecular complexity index is 731. The van der Waals surface area contributed by atoms with E-state index in [1.807, 2.05) is 18.2 Å². The van der Waals surface area contributed by atoms with E-state index in [-0.39, 0.29) is 11.9 Å². The van der Waals surface area contributed by atoms with E-state index in [1.54, 1.807) is 6.07 Å². The molecule has 2 saturated carbocycles. The van der Waals surface area contributed by atoms with Gasteiger partial charge >= 0.3 is 5.97 Å². The van der Waals surface area contributed by atoms with Crippen molar-refractivity contribution in [1.82, 2.24) is 4.90 Å². The van der Waals surface area contributed by atoms with E-state index in [4.69, 9.17) is 10.5 Å². The van der Waals surface area contributed by atoms with Crippen LogP contribution in [0.4, 0.5) is 5.69 Å². The summed E-state index contributed by atoms with van der Waals surface area (Å²) >= 11 is 0. The molecule has 1 aliphatic heterocycles. The zero-order chi connectivity index (χ0) is 20.4. The Morgan fingerprint density at radius 2 is 1.79 bits per heavy atom. The van der Waals surface area contributed by atoms with Crippen LogP contribution in [0.15, 0.2) is 24.3 Å². The van der Waals surface area contributed by atoms with Gasteiger partial charge in [-0.25, -0.2) is 4.79 Å². The normalized spacial score (nSPS) is 29.9. The minimum Gasteiger partial charge on any atom is -0.465 e. The van der Waals surface area contributed by atoms with E-state index < -0.39 is 0 Å². The van der Waals surface area contributed by atoms with Crippen molar-refractivity contribution in [2.24, 2.45) is 23.5 Å². The molecule has 4 rings (SSSR count). The molecule has 2 bridgehead atoms. The number of anilines is 1. The summed E-state index contributed by atoms with van der Waals surface area (Å²) in [6, 6.07) is 8.03. The molecular weight excluding hydrogens is 366 g/mol. The monoisotopic (exact) mass is 399 g/mol. The van der Waals surface area contributed by atoms with Crippen LogP contribution in [0.5, 0.6) is 0 Å². The highest BCUT2D eigenvalue weighted by molar-refractivity contribution is 5.90. The predicted octanol–water partition coefficient (Wildman–Crippen LogP) is 3.03. The standard InChI is InChI=1S/C23H33N3O3/c1-29-23(28)17-6-3-7-20(14-17)25-19-8-10-26(11-9-19)22(27)18-12-15-4-2-5-16(13-18)21(15)24/h3,6-7,14-16,18-19,21,25H,2,4-5,8-13,24H2,1H3. The van der Waals surface area contributed by atoms with E-state index in [1.165, 1.54) is 26.4 Å². The lowest BCUT2D eigenvalue weighted by Crippen LogP contribution is -2.51. The highest BCUT2D eigenvalue weighted by atomic mass is 16.5. The number of likely N-dealkylation sites (tertiary alicyclic amines) is 1. The summed E-state index contributed by atoms with van der Waals surface area (Å²) in [5, 5.41) is 3.52. The first-order valence-corrected chi connectivity index (χ1v) is 11.0. The molecule has 1 aromatic carbocycles. The van der Waals surface area contributed by atoms with Gasteiger partial charge in [-0.1, -0.05) is 12.5 Å². The number of nitrogens with one attached hydrogen (secondary N) is 1. The number of benzene rings is 1. The molecule has 29 heavy (non-hydrogen) atoms. The number of ether oxygens (including phenoxy) is 1. The van der Waals surface area contributed by atoms with Crippen LogP contribution in [0.3, 0.4) is 0 Å². The molecule has 6 heteroatoms. The lowest BCUT2D eigenvalue weighted by atomic mass is 9.65. The van der Waals surface area contributed by atoms with Crippen molar-refractivity contribution in [3.8, 4) is 0 Å². The minimum atomic E-state index is -0.328. The SMILES string of the molecule is COC(=O)c1cccc(NC2CCN(C(=O)C3CC4CCCC(C3)C4N)CC2)c1. The van der Waals surface area contributed by atoms with Crippen molar-refractivity contribution < 1.29 is 14.3 Å². The van der Waals surface area contributed by atoms with Crippen LogP contribution in [-0.2, 0) is 9.53 Å². The summed E-state index contributed by atoms with van der Waals surface area (Å²) < 4.78 is 4.79. The Morgan fingerprint density at radius 1 is 1.10 bits per heavy atom. The third kappa shape index (κ3) is 4.42. The van der Waals surface area contributed by atoms with Gasteiger partial charge in [-0.05, 0) is 68.6 Å². The van der Waals surface area contributed by atoms with Gasteiger partial charge < -0.3 is 20.7 Å². The first kappa shape index (κ1) is 20.2. The zero-order valence-corrected chi connectivity index (χ0v) is 17.3. The molecule has 0 radical (unpaired) electrons. The molecule has 1 amide bonds. The van der Waals surface area contributed by atoms with Crippen LogP contribution in [0.2, 0.25) is 0 Å². The fourth-order valence-corrected chi connectivity index (χ4v) is 5.58. The molecule has 2 aliphatic carbocycles. The summed E-state index contributed by atoms with van der Waals surface area (Å²) in [5.74, 6) is 1.27. The molecule has 1 aromatic rings. The summed E-state index contributed by atoms with van der Waals surface area (Å²) in [7, 11) is 1.39. The fraction of sp³-hybridized carbons (Fsp3) is 0.652. The number of piperidine rings is 1. The van der Waals surface area contributed by atoms with Gasteiger partial charge in [0.15, 0.2) is 0 Å². The summed E-state index contributed by atoms with van der Waals surface area (Å²) in [6.45, 7) is 1.59. The smallest absolute Gasteiger partial charge is 0.337 e. The summed E-state index contributed by atoms with van der Waals surface area (Å²) in [5.41, 5.74) is 7.86. The Kier molecular flexibility index (Phi) is 6.09. The molecular formula is C23H33N3O3. The zero-order valence-electron chi connectivity index (χ0n) is 17.3. The van der Waals surface area contributed by atoms with Crippen LogP contribution in [0.25, 0.3) is 0 Å². The van der Waals surface area contributed by atoms with Gasteiger partial charge in [0.25, 0.3) is 0 Å². The van der Waals surface area contributed by atoms with E-state index in [9.17, 15) is 9.59 Å². The number of amides is 1. The second kappa shape index (κ2) is 8.74. The molecule has 6 nitrogen and oxygen atoms in total. The molecule has 2 atom stereocenters. The predicted molar refractivity (Wildman–Crippen MR) is 113 cm³/mol. The maximum atomic E-state index is 13.1. The Balaban J connectivity index is 1.29. The van der Waals surface area contributed by atoms with Crippen LogP contribution in [-0.4, -0.2) is 49.1 Å². The summed E-state index contributed by atoms with van der Waals surface area (Å²) in [4.78, 5) is 26.9. The number of methoxy groups -OCH3 is 1. The fourth-order valence-electron chi connectivity index (χ4n) is 5.58. The lowest BCUT2D eigenvalue weighted by Gasteiger charge is -2.45. The van der Waals surface area contributed by atoms with Gasteiger partial charge in [0.1, 0.15) is 0 Å². The number of esters is 1. The highest BCUT2D eigenvalue weighted by Gasteiger charge is 2.42. The van der Waals surface area contributed by atoms with Crippen molar-refractivity contribution in [2.75, 3.05) is 25.5 Å². The second-order valence-corrected chi connectivity index (χ2v) is 9.01. The minimum absolute atomic E-state index is 0.173. The molecule has 158 valence electrons. The Labute approximate surface area is 173 Å². The molecule has 3 fully saturated rings. The number of carbonyl (C=O) groups excluding carboxylic acids is 2. The van der Waals surface area contributed by atoms with Gasteiger partial charge in [0.05, 0.1) is 12.7 Å². The molecule has 1 saturated heterocycles. The van der Waals surface area contributed by atoms with Crippen LogP contribution < -0.4 is 11.1 Å². The van der Waals surface area contributed by atoms with Gasteiger partial charge in [-0.15, -0.1) is 0 Å². The Morgan fingerprint density at radius 3 is 2.45 bits per heavy atom. The van der Waals surface area contributed by atoms with Crippen molar-refractivity contribution in [2.45, 2.75) is 57.0 Å². The quantitative estimate of drug-likeness (QED) is 0.760. The molecule has 0 spiro atoms. The molecule has 2 unspecified atom stereocenters. The van der Waals surface area contributed by atoms with Crippen LogP contribution in [0, 0.1) is 17.8 Å². The first-order valence-electron chi connectivity index (χ1n) is 11.0. The van der Waals surface area contributed by atoms with E-state index >= 15 is 0 Å². The third-order valence-corrected chi connectivity index (χ3v) is 7.22. The molecule has 3 N–H and O–H groups in total. The van der Waals surface area contributed by atoms with E-state index in [0.29, 0.717) is 35.4 Å². The number of nitrogens with zero attached hydrogens (tertiary/aromatic N) is 1. The highest BCUT2D eigenvalue weighted by Crippen LogP contribution is 2.42. The molecule has 1 heterocycles. The largest absolute Gasteiger partial charge is 0.465 e. The number of carbonyl (C=O) groups is 2. The number of hydrogen-bond donors (Lipinski definition) is 2. The van der Waals surface area contributed by atoms with Gasteiger partial charge in [-0.3, -0.25) is 4.79 Å². The van der Waals surface area contributed by atoms with E-state index in [0.717, 1.165) is 44.5 Å². The third-order valence-electron chi connectivity index (χ3n) is 7.22. The summed E-state index contributed by atoms with van der Waals surface area (Å²) in [6.07, 6.45) is 7.47. The van der Waals surface area contributed by atoms with Crippen LogP contribution >= 0.6 is 0 Å². The Hall–Kier alpha value is -2.08. The topological polar surface area (TPSA) is 84.7 Å². The number of hydrogen-bond acceptors (Lipinski definition) is 5. The first-order chi connectivity index (χ1) is 14.0. The van der Waals surface area contributed by atoms with E-state index in [2.05, 4.69) is 10.2 Å². The lowest BCUT2D eigenvalue weighted by molar-refractivity contribution is -0.139. The van der Waals surface area contributed by atoms with Crippen molar-refractivity contribution in [3.63, 3.8) is 0 Å². The van der Waals surface area contributed by atoms with Crippen molar-refractivity contribution in [3.05, 3.63) is 29.8 Å². The number of fused-ring (bicyclic) bond motifs is 2. The second-order valence-electron chi connectivity index (χ2n) is 9.01. The van der Waals surface area contributed by atoms with Gasteiger partial charge in [0, 0.05) is 36.8 Å². The average Bonchev–Trinajstić information content (AvgIpc) is 2.73.